The van der Waals surface area contributed by atoms with Crippen molar-refractivity contribution in [3.8, 4) is 0 Å². The Kier molecular flexibility index (Phi) is 6.50. The van der Waals surface area contributed by atoms with Crippen molar-refractivity contribution in [2.45, 2.75) is 20.4 Å². The van der Waals surface area contributed by atoms with Gasteiger partial charge >= 0.3 is 6.03 Å². The number of carbonyl (C=O) groups is 2. The van der Waals surface area contributed by atoms with Crippen molar-refractivity contribution < 1.29 is 9.59 Å². The summed E-state index contributed by atoms with van der Waals surface area (Å²) in [6.07, 6.45) is 0. The van der Waals surface area contributed by atoms with Crippen LogP contribution in [0.2, 0.25) is 0 Å². The predicted octanol–water partition coefficient (Wildman–Crippen LogP) is 5.44. The number of anilines is 3. The quantitative estimate of drug-likeness (QED) is 0.374. The van der Waals surface area contributed by atoms with E-state index in [9.17, 15) is 9.59 Å². The Hall–Kier alpha value is -4.39. The molecule has 33 heavy (non-hydrogen) atoms. The molecular formula is C26H25N5O2. The molecular weight excluding hydrogens is 414 g/mol. The lowest BCUT2D eigenvalue weighted by molar-refractivity contribution is 0.102. The monoisotopic (exact) mass is 439 g/mol. The molecule has 1 heterocycles. The minimum absolute atomic E-state index is 0.216. The normalized spacial score (nSPS) is 10.5. The number of benzene rings is 3. The molecule has 1 aromatic heterocycles. The van der Waals surface area contributed by atoms with E-state index in [1.165, 1.54) is 0 Å². The van der Waals surface area contributed by atoms with Gasteiger partial charge in [-0.05, 0) is 55.8 Å². The lowest BCUT2D eigenvalue weighted by Gasteiger charge is -2.10. The smallest absolute Gasteiger partial charge is 0.322 e. The van der Waals surface area contributed by atoms with Crippen molar-refractivity contribution in [3.63, 3.8) is 0 Å². The third-order valence-corrected chi connectivity index (χ3v) is 5.22. The Balaban J connectivity index is 1.39. The molecule has 0 spiro atoms. The van der Waals surface area contributed by atoms with Gasteiger partial charge in [-0.2, -0.15) is 5.10 Å². The number of rotatable bonds is 6. The van der Waals surface area contributed by atoms with Gasteiger partial charge in [0, 0.05) is 22.8 Å². The highest BCUT2D eigenvalue weighted by Gasteiger charge is 2.19. The maximum Gasteiger partial charge on any atom is 0.323 e. The molecule has 0 radical (unpaired) electrons. The van der Waals surface area contributed by atoms with Crippen LogP contribution < -0.4 is 16.0 Å². The van der Waals surface area contributed by atoms with Crippen LogP contribution in [0.1, 0.15) is 27.3 Å². The molecule has 3 aromatic carbocycles. The summed E-state index contributed by atoms with van der Waals surface area (Å²) in [6.45, 7) is 4.34. The molecule has 7 nitrogen and oxygen atoms in total. The number of para-hydroxylation sites is 1. The first-order valence-corrected chi connectivity index (χ1v) is 10.6. The molecule has 3 amide bonds. The third kappa shape index (κ3) is 5.46. The molecule has 3 N–H and O–H groups in total. The van der Waals surface area contributed by atoms with Gasteiger partial charge < -0.3 is 16.0 Å². The Bertz CT molecular complexity index is 1250. The van der Waals surface area contributed by atoms with E-state index >= 15 is 0 Å². The first-order valence-electron chi connectivity index (χ1n) is 10.6. The van der Waals surface area contributed by atoms with Gasteiger partial charge in [-0.3, -0.25) is 9.48 Å². The van der Waals surface area contributed by atoms with Crippen molar-refractivity contribution >= 4 is 29.0 Å². The zero-order valence-electron chi connectivity index (χ0n) is 18.5. The van der Waals surface area contributed by atoms with E-state index in [1.807, 2.05) is 79.2 Å². The molecule has 0 bridgehead atoms. The van der Waals surface area contributed by atoms with Crippen LogP contribution in [0.5, 0.6) is 0 Å². The summed E-state index contributed by atoms with van der Waals surface area (Å²) in [5, 5.41) is 13.0. The Labute approximate surface area is 192 Å². The number of carbonyl (C=O) groups excluding carboxylic acids is 2. The van der Waals surface area contributed by atoms with Gasteiger partial charge in [-0.15, -0.1) is 0 Å². The van der Waals surface area contributed by atoms with E-state index in [0.717, 1.165) is 11.3 Å². The van der Waals surface area contributed by atoms with Gasteiger partial charge in [0.1, 0.15) is 0 Å². The summed E-state index contributed by atoms with van der Waals surface area (Å²) < 4.78 is 1.85. The molecule has 0 aliphatic carbocycles. The summed E-state index contributed by atoms with van der Waals surface area (Å²) in [7, 11) is 0. The minimum atomic E-state index is -0.338. The Morgan fingerprint density at radius 2 is 1.24 bits per heavy atom. The molecule has 4 rings (SSSR count). The number of urea groups is 1. The van der Waals surface area contributed by atoms with E-state index in [-0.39, 0.29) is 11.9 Å². The van der Waals surface area contributed by atoms with Gasteiger partial charge in [0.2, 0.25) is 0 Å². The molecule has 0 saturated carbocycles. The van der Waals surface area contributed by atoms with Crippen molar-refractivity contribution in [1.82, 2.24) is 9.78 Å². The van der Waals surface area contributed by atoms with Gasteiger partial charge in [0.25, 0.3) is 5.91 Å². The zero-order chi connectivity index (χ0) is 23.2. The highest BCUT2D eigenvalue weighted by molar-refractivity contribution is 6.06. The van der Waals surface area contributed by atoms with Crippen LogP contribution in [-0.2, 0) is 6.54 Å². The van der Waals surface area contributed by atoms with E-state index in [4.69, 9.17) is 0 Å². The Morgan fingerprint density at radius 1 is 0.727 bits per heavy atom. The molecule has 0 aliphatic rings. The first-order chi connectivity index (χ1) is 16.0. The van der Waals surface area contributed by atoms with E-state index in [0.29, 0.717) is 34.9 Å². The number of hydrogen-bond donors (Lipinski definition) is 3. The van der Waals surface area contributed by atoms with Crippen LogP contribution in [0, 0.1) is 13.8 Å². The average Bonchev–Trinajstić information content (AvgIpc) is 3.09. The standard InChI is InChI=1S/C26H25N5O2/c1-18-24(19(2)31(30-18)17-20-9-5-3-6-10-20)25(32)27-22-13-15-23(16-14-22)29-26(33)28-21-11-7-4-8-12-21/h3-16H,17H2,1-2H3,(H,27,32)(H2,28,29,33). The van der Waals surface area contributed by atoms with Crippen LogP contribution in [0.4, 0.5) is 21.9 Å². The van der Waals surface area contributed by atoms with Crippen LogP contribution in [-0.4, -0.2) is 21.7 Å². The first kappa shape index (κ1) is 21.8. The third-order valence-electron chi connectivity index (χ3n) is 5.22. The summed E-state index contributed by atoms with van der Waals surface area (Å²) in [6, 6.07) is 25.8. The van der Waals surface area contributed by atoms with E-state index in [2.05, 4.69) is 21.0 Å². The van der Waals surface area contributed by atoms with Gasteiger partial charge in [-0.25, -0.2) is 4.79 Å². The highest BCUT2D eigenvalue weighted by Crippen LogP contribution is 2.19. The predicted molar refractivity (Wildman–Crippen MR) is 131 cm³/mol. The maximum atomic E-state index is 12.9. The van der Waals surface area contributed by atoms with Crippen LogP contribution >= 0.6 is 0 Å². The molecule has 166 valence electrons. The van der Waals surface area contributed by atoms with Crippen LogP contribution in [0.25, 0.3) is 0 Å². The highest BCUT2D eigenvalue weighted by atomic mass is 16.2. The van der Waals surface area contributed by atoms with Crippen LogP contribution in [0.3, 0.4) is 0 Å². The lowest BCUT2D eigenvalue weighted by Crippen LogP contribution is -2.19. The van der Waals surface area contributed by atoms with Gasteiger partial charge in [-0.1, -0.05) is 48.5 Å². The molecule has 0 aliphatic heterocycles. The van der Waals surface area contributed by atoms with Crippen molar-refractivity contribution in [1.29, 1.82) is 0 Å². The average molecular weight is 440 g/mol. The summed E-state index contributed by atoms with van der Waals surface area (Å²) >= 11 is 0. The van der Waals surface area contributed by atoms with Crippen molar-refractivity contribution in [3.05, 3.63) is 107 Å². The fourth-order valence-corrected chi connectivity index (χ4v) is 3.58. The largest absolute Gasteiger partial charge is 0.323 e. The number of aryl methyl sites for hydroxylation is 1. The fourth-order valence-electron chi connectivity index (χ4n) is 3.58. The molecule has 0 saturated heterocycles. The second kappa shape index (κ2) is 9.82. The lowest BCUT2D eigenvalue weighted by atomic mass is 10.1. The van der Waals surface area contributed by atoms with Crippen molar-refractivity contribution in [2.75, 3.05) is 16.0 Å². The van der Waals surface area contributed by atoms with Gasteiger partial charge in [0.05, 0.1) is 17.8 Å². The molecule has 0 fully saturated rings. The summed E-state index contributed by atoms with van der Waals surface area (Å²) in [5.74, 6) is -0.216. The summed E-state index contributed by atoms with van der Waals surface area (Å²) in [4.78, 5) is 25.1. The van der Waals surface area contributed by atoms with Gasteiger partial charge in [0.15, 0.2) is 0 Å². The molecule has 7 heteroatoms. The minimum Gasteiger partial charge on any atom is -0.322 e. The topological polar surface area (TPSA) is 88.1 Å². The second-order valence-corrected chi connectivity index (χ2v) is 7.67. The number of hydrogen-bond acceptors (Lipinski definition) is 3. The molecule has 4 aromatic rings. The van der Waals surface area contributed by atoms with Crippen LogP contribution in [0.15, 0.2) is 84.9 Å². The molecule has 0 atom stereocenters. The number of nitrogens with one attached hydrogen (secondary N) is 3. The SMILES string of the molecule is Cc1nn(Cc2ccccc2)c(C)c1C(=O)Nc1ccc(NC(=O)Nc2ccccc2)cc1. The zero-order valence-corrected chi connectivity index (χ0v) is 18.5. The summed E-state index contributed by atoms with van der Waals surface area (Å²) in [5.41, 5.74) is 5.12. The fraction of sp³-hybridized carbons (Fsp3) is 0.115. The Morgan fingerprint density at radius 3 is 1.85 bits per heavy atom. The van der Waals surface area contributed by atoms with E-state index < -0.39 is 0 Å². The number of nitrogens with zero attached hydrogens (tertiary/aromatic N) is 2. The van der Waals surface area contributed by atoms with Crippen molar-refractivity contribution in [2.24, 2.45) is 0 Å². The maximum absolute atomic E-state index is 12.9. The number of aromatic nitrogens is 2. The second-order valence-electron chi connectivity index (χ2n) is 7.67. The number of amides is 3. The van der Waals surface area contributed by atoms with E-state index in [1.54, 1.807) is 24.3 Å². The molecule has 0 unspecified atom stereocenters.